The summed E-state index contributed by atoms with van der Waals surface area (Å²) in [6, 6.07) is 10.5. The van der Waals surface area contributed by atoms with E-state index < -0.39 is 17.3 Å². The van der Waals surface area contributed by atoms with Crippen LogP contribution in [0.5, 0.6) is 0 Å². The third-order valence-corrected chi connectivity index (χ3v) is 2.87. The van der Waals surface area contributed by atoms with Crippen molar-refractivity contribution in [1.29, 1.82) is 5.26 Å². The van der Waals surface area contributed by atoms with E-state index in [4.69, 9.17) is 5.26 Å². The highest BCUT2D eigenvalue weighted by atomic mass is 19.4. The molecule has 1 heterocycles. The molecule has 0 saturated carbocycles. The molecule has 0 bridgehead atoms. The third kappa shape index (κ3) is 3.72. The summed E-state index contributed by atoms with van der Waals surface area (Å²) in [5.41, 5.74) is 0.754. The maximum Gasteiger partial charge on any atom is 0.417 e. The molecule has 0 saturated heterocycles. The number of pyridine rings is 1. The molecule has 0 aliphatic carbocycles. The van der Waals surface area contributed by atoms with Crippen LogP contribution >= 0.6 is 0 Å². The first-order chi connectivity index (χ1) is 9.90. The van der Waals surface area contributed by atoms with Crippen LogP contribution in [0.4, 0.5) is 18.9 Å². The largest absolute Gasteiger partial charge is 0.417 e. The van der Waals surface area contributed by atoms with Crippen molar-refractivity contribution >= 4 is 5.69 Å². The van der Waals surface area contributed by atoms with E-state index in [9.17, 15) is 13.2 Å². The zero-order chi connectivity index (χ0) is 15.5. The monoisotopic (exact) mass is 291 g/mol. The molecule has 2 rings (SSSR count). The smallest absolute Gasteiger partial charge is 0.379 e. The predicted octanol–water partition coefficient (Wildman–Crippen LogP) is 3.89. The Hall–Kier alpha value is -2.55. The van der Waals surface area contributed by atoms with E-state index in [2.05, 4.69) is 10.3 Å². The summed E-state index contributed by atoms with van der Waals surface area (Å²) >= 11 is 0. The highest BCUT2D eigenvalue weighted by Gasteiger charge is 2.33. The Labute approximate surface area is 120 Å². The number of aryl methyl sites for hydroxylation is 1. The first kappa shape index (κ1) is 14.9. The second kappa shape index (κ2) is 5.83. The van der Waals surface area contributed by atoms with Crippen molar-refractivity contribution in [2.75, 3.05) is 5.32 Å². The van der Waals surface area contributed by atoms with Crippen LogP contribution in [0.15, 0.2) is 36.4 Å². The van der Waals surface area contributed by atoms with E-state index in [-0.39, 0.29) is 0 Å². The molecule has 2 aromatic rings. The molecule has 108 valence electrons. The van der Waals surface area contributed by atoms with Crippen LogP contribution in [-0.2, 0) is 12.7 Å². The standard InChI is InChI=1S/C15H12F3N3/c1-10-3-2-4-13(21-10)9-20-12-5-6-14(15(16,17)18)11(7-12)8-19/h2-7,20H,9H2,1H3. The van der Waals surface area contributed by atoms with E-state index in [0.29, 0.717) is 12.2 Å². The van der Waals surface area contributed by atoms with Gasteiger partial charge in [-0.3, -0.25) is 4.98 Å². The van der Waals surface area contributed by atoms with Gasteiger partial charge in [0.15, 0.2) is 0 Å². The molecule has 0 spiro atoms. The Morgan fingerprint density at radius 2 is 2.00 bits per heavy atom. The van der Waals surface area contributed by atoms with Gasteiger partial charge in [-0.1, -0.05) is 6.07 Å². The van der Waals surface area contributed by atoms with E-state index in [0.717, 1.165) is 17.5 Å². The summed E-state index contributed by atoms with van der Waals surface area (Å²) < 4.78 is 38.0. The number of halogens is 3. The van der Waals surface area contributed by atoms with Crippen molar-refractivity contribution in [1.82, 2.24) is 4.98 Å². The maximum atomic E-state index is 12.7. The van der Waals surface area contributed by atoms with Crippen molar-refractivity contribution < 1.29 is 13.2 Å². The first-order valence-corrected chi connectivity index (χ1v) is 6.18. The molecule has 0 fully saturated rings. The second-order valence-electron chi connectivity index (χ2n) is 4.49. The number of nitrogens with zero attached hydrogens (tertiary/aromatic N) is 2. The Bertz CT molecular complexity index is 687. The quantitative estimate of drug-likeness (QED) is 0.933. The van der Waals surface area contributed by atoms with Crippen LogP contribution in [-0.4, -0.2) is 4.98 Å². The van der Waals surface area contributed by atoms with Crippen molar-refractivity contribution in [2.24, 2.45) is 0 Å². The molecule has 0 unspecified atom stereocenters. The molecule has 6 heteroatoms. The number of nitriles is 1. The van der Waals surface area contributed by atoms with Crippen molar-refractivity contribution in [3.8, 4) is 6.07 Å². The molecule has 0 aliphatic heterocycles. The summed E-state index contributed by atoms with van der Waals surface area (Å²) in [5, 5.41) is 11.8. The summed E-state index contributed by atoms with van der Waals surface area (Å²) in [6.07, 6.45) is -4.53. The fraction of sp³-hybridized carbons (Fsp3) is 0.200. The number of alkyl halides is 3. The Morgan fingerprint density at radius 1 is 1.24 bits per heavy atom. The van der Waals surface area contributed by atoms with Crippen LogP contribution in [0, 0.1) is 18.3 Å². The molecule has 0 aliphatic rings. The Morgan fingerprint density at radius 3 is 2.62 bits per heavy atom. The van der Waals surface area contributed by atoms with Gasteiger partial charge < -0.3 is 5.32 Å². The molecule has 0 amide bonds. The number of aromatic nitrogens is 1. The Kier molecular flexibility index (Phi) is 4.13. The minimum atomic E-state index is -4.53. The van der Waals surface area contributed by atoms with E-state index >= 15 is 0 Å². The molecule has 3 nitrogen and oxygen atoms in total. The first-order valence-electron chi connectivity index (χ1n) is 6.18. The SMILES string of the molecule is Cc1cccc(CNc2ccc(C(F)(F)F)c(C#N)c2)n1. The van der Waals surface area contributed by atoms with Crippen molar-refractivity contribution in [2.45, 2.75) is 19.6 Å². The minimum absolute atomic E-state index is 0.373. The van der Waals surface area contributed by atoms with Crippen molar-refractivity contribution in [3.63, 3.8) is 0 Å². The lowest BCUT2D eigenvalue weighted by Gasteiger charge is -2.11. The van der Waals surface area contributed by atoms with Crippen LogP contribution in [0.1, 0.15) is 22.5 Å². The van der Waals surface area contributed by atoms with Crippen LogP contribution < -0.4 is 5.32 Å². The van der Waals surface area contributed by atoms with Gasteiger partial charge in [-0.05, 0) is 37.3 Å². The van der Waals surface area contributed by atoms with Crippen LogP contribution in [0.25, 0.3) is 0 Å². The van der Waals surface area contributed by atoms with Gasteiger partial charge in [0, 0.05) is 11.4 Å². The zero-order valence-electron chi connectivity index (χ0n) is 11.2. The number of hydrogen-bond acceptors (Lipinski definition) is 3. The van der Waals surface area contributed by atoms with Crippen LogP contribution in [0.2, 0.25) is 0 Å². The molecular formula is C15H12F3N3. The summed E-state index contributed by atoms with van der Waals surface area (Å²) in [6.45, 7) is 2.23. The lowest BCUT2D eigenvalue weighted by atomic mass is 10.1. The number of rotatable bonds is 3. The number of nitrogens with one attached hydrogen (secondary N) is 1. The summed E-state index contributed by atoms with van der Waals surface area (Å²) in [7, 11) is 0. The highest BCUT2D eigenvalue weighted by molar-refractivity contribution is 5.53. The maximum absolute atomic E-state index is 12.7. The van der Waals surface area contributed by atoms with Gasteiger partial charge in [0.2, 0.25) is 0 Å². The van der Waals surface area contributed by atoms with Gasteiger partial charge in [-0.2, -0.15) is 18.4 Å². The molecule has 0 radical (unpaired) electrons. The number of anilines is 1. The zero-order valence-corrected chi connectivity index (χ0v) is 11.2. The third-order valence-electron chi connectivity index (χ3n) is 2.87. The number of benzene rings is 1. The average Bonchev–Trinajstić information content (AvgIpc) is 2.44. The molecule has 0 atom stereocenters. The average molecular weight is 291 g/mol. The normalized spacial score (nSPS) is 11.0. The lowest BCUT2D eigenvalue weighted by molar-refractivity contribution is -0.137. The topological polar surface area (TPSA) is 48.7 Å². The van der Waals surface area contributed by atoms with Crippen molar-refractivity contribution in [3.05, 3.63) is 58.9 Å². The van der Waals surface area contributed by atoms with E-state index in [1.165, 1.54) is 12.1 Å². The van der Waals surface area contributed by atoms with E-state index in [1.54, 1.807) is 6.07 Å². The number of hydrogen-bond donors (Lipinski definition) is 1. The minimum Gasteiger partial charge on any atom is -0.379 e. The Balaban J connectivity index is 2.17. The fourth-order valence-electron chi connectivity index (χ4n) is 1.88. The van der Waals surface area contributed by atoms with E-state index in [1.807, 2.05) is 25.1 Å². The van der Waals surface area contributed by atoms with Gasteiger partial charge in [0.25, 0.3) is 0 Å². The highest BCUT2D eigenvalue weighted by Crippen LogP contribution is 2.33. The molecule has 21 heavy (non-hydrogen) atoms. The predicted molar refractivity (Wildman–Crippen MR) is 72.5 cm³/mol. The summed E-state index contributed by atoms with van der Waals surface area (Å²) in [4.78, 5) is 4.28. The fourth-order valence-corrected chi connectivity index (χ4v) is 1.88. The van der Waals surface area contributed by atoms with Gasteiger partial charge in [0.05, 0.1) is 29.4 Å². The van der Waals surface area contributed by atoms with Gasteiger partial charge in [-0.25, -0.2) is 0 Å². The summed E-state index contributed by atoms with van der Waals surface area (Å²) in [5.74, 6) is 0. The van der Waals surface area contributed by atoms with Gasteiger partial charge in [-0.15, -0.1) is 0 Å². The lowest BCUT2D eigenvalue weighted by Crippen LogP contribution is -2.09. The van der Waals surface area contributed by atoms with Gasteiger partial charge in [0.1, 0.15) is 0 Å². The van der Waals surface area contributed by atoms with Crippen LogP contribution in [0.3, 0.4) is 0 Å². The van der Waals surface area contributed by atoms with Gasteiger partial charge >= 0.3 is 6.18 Å². The second-order valence-corrected chi connectivity index (χ2v) is 4.49. The molecule has 1 aromatic carbocycles. The molecular weight excluding hydrogens is 279 g/mol. The molecule has 1 N–H and O–H groups in total. The molecule has 1 aromatic heterocycles.